The Bertz CT molecular complexity index is 1170. The van der Waals surface area contributed by atoms with Crippen LogP contribution in [0.15, 0.2) is 78.6 Å². The van der Waals surface area contributed by atoms with Gasteiger partial charge < -0.3 is 14.8 Å². The summed E-state index contributed by atoms with van der Waals surface area (Å²) in [6.07, 6.45) is 1.64. The largest absolute Gasteiger partial charge is 0.494 e. The van der Waals surface area contributed by atoms with Crippen molar-refractivity contribution in [1.29, 1.82) is 0 Å². The monoisotopic (exact) mass is 443 g/mol. The lowest BCUT2D eigenvalue weighted by atomic mass is 10.0. The minimum atomic E-state index is -0.406. The maximum Gasteiger partial charge on any atom is 0.278 e. The number of ether oxygens (including phenoxy) is 2. The van der Waals surface area contributed by atoms with Gasteiger partial charge in [0.1, 0.15) is 17.2 Å². The number of carbonyl (C=O) groups is 2. The van der Waals surface area contributed by atoms with Crippen molar-refractivity contribution >= 4 is 23.1 Å². The van der Waals surface area contributed by atoms with E-state index in [2.05, 4.69) is 10.3 Å². The number of benzene rings is 2. The van der Waals surface area contributed by atoms with Gasteiger partial charge in [-0.3, -0.25) is 19.5 Å². The van der Waals surface area contributed by atoms with E-state index in [0.29, 0.717) is 47.2 Å². The molecule has 168 valence electrons. The van der Waals surface area contributed by atoms with Gasteiger partial charge in [0.05, 0.1) is 31.0 Å². The van der Waals surface area contributed by atoms with Crippen LogP contribution >= 0.6 is 0 Å². The second-order valence-corrected chi connectivity index (χ2v) is 7.31. The third-order valence-electron chi connectivity index (χ3n) is 5.08. The van der Waals surface area contributed by atoms with E-state index in [1.54, 1.807) is 48.7 Å². The normalized spacial score (nSPS) is 13.5. The molecule has 3 aromatic rings. The van der Waals surface area contributed by atoms with Crippen LogP contribution < -0.4 is 14.8 Å². The van der Waals surface area contributed by atoms with Gasteiger partial charge >= 0.3 is 0 Å². The molecule has 0 bridgehead atoms. The summed E-state index contributed by atoms with van der Waals surface area (Å²) in [6, 6.07) is 19.8. The molecule has 0 radical (unpaired) electrons. The Morgan fingerprint density at radius 2 is 1.61 bits per heavy atom. The van der Waals surface area contributed by atoms with Crippen LogP contribution in [0.2, 0.25) is 0 Å². The number of rotatable bonds is 9. The molecule has 1 aliphatic heterocycles. The quantitative estimate of drug-likeness (QED) is 0.498. The molecule has 0 spiro atoms. The number of carbonyl (C=O) groups excluding carboxylic acids is 2. The third-order valence-corrected chi connectivity index (χ3v) is 5.08. The fourth-order valence-electron chi connectivity index (χ4n) is 3.62. The average molecular weight is 444 g/mol. The molecule has 1 aromatic heterocycles. The van der Waals surface area contributed by atoms with Crippen molar-refractivity contribution in [1.82, 2.24) is 9.88 Å². The summed E-state index contributed by atoms with van der Waals surface area (Å²) in [5.74, 6) is 0.588. The lowest BCUT2D eigenvalue weighted by Gasteiger charge is -2.15. The van der Waals surface area contributed by atoms with Crippen molar-refractivity contribution in [3.8, 4) is 11.5 Å². The number of imide groups is 1. The summed E-state index contributed by atoms with van der Waals surface area (Å²) in [5.41, 5.74) is 2.43. The molecule has 0 fully saturated rings. The van der Waals surface area contributed by atoms with Crippen LogP contribution in [0.25, 0.3) is 5.57 Å². The van der Waals surface area contributed by atoms with Crippen molar-refractivity contribution in [2.24, 2.45) is 0 Å². The second-order valence-electron chi connectivity index (χ2n) is 7.31. The first kappa shape index (κ1) is 22.1. The Morgan fingerprint density at radius 3 is 2.30 bits per heavy atom. The Balaban J connectivity index is 1.71. The predicted molar refractivity (Wildman–Crippen MR) is 126 cm³/mol. The molecule has 0 saturated heterocycles. The van der Waals surface area contributed by atoms with E-state index >= 15 is 0 Å². The lowest BCUT2D eigenvalue weighted by molar-refractivity contribution is -0.137. The molecule has 1 aliphatic rings. The van der Waals surface area contributed by atoms with Gasteiger partial charge in [0.25, 0.3) is 11.8 Å². The van der Waals surface area contributed by atoms with E-state index in [1.807, 2.05) is 38.1 Å². The van der Waals surface area contributed by atoms with Crippen LogP contribution in [0.1, 0.15) is 25.1 Å². The van der Waals surface area contributed by atoms with Crippen molar-refractivity contribution in [3.63, 3.8) is 0 Å². The minimum Gasteiger partial charge on any atom is -0.494 e. The van der Waals surface area contributed by atoms with Gasteiger partial charge in [0.15, 0.2) is 0 Å². The van der Waals surface area contributed by atoms with E-state index < -0.39 is 5.91 Å². The highest BCUT2D eigenvalue weighted by Gasteiger charge is 2.39. The zero-order chi connectivity index (χ0) is 23.2. The van der Waals surface area contributed by atoms with Crippen LogP contribution in [-0.2, 0) is 16.1 Å². The van der Waals surface area contributed by atoms with Gasteiger partial charge in [-0.25, -0.2) is 0 Å². The fraction of sp³-hybridized carbons (Fsp3) is 0.192. The molecular formula is C26H25N3O4. The van der Waals surface area contributed by atoms with Crippen LogP contribution in [-0.4, -0.2) is 34.9 Å². The van der Waals surface area contributed by atoms with Gasteiger partial charge in [-0.05, 0) is 55.8 Å². The molecular weight excluding hydrogens is 418 g/mol. The van der Waals surface area contributed by atoms with Crippen LogP contribution in [0, 0.1) is 0 Å². The lowest BCUT2D eigenvalue weighted by Crippen LogP contribution is -2.32. The van der Waals surface area contributed by atoms with Gasteiger partial charge in [-0.15, -0.1) is 0 Å². The Morgan fingerprint density at radius 1 is 0.848 bits per heavy atom. The van der Waals surface area contributed by atoms with Crippen molar-refractivity contribution in [2.45, 2.75) is 20.4 Å². The first-order chi connectivity index (χ1) is 16.1. The Hall–Kier alpha value is -4.13. The predicted octanol–water partition coefficient (Wildman–Crippen LogP) is 4.27. The molecule has 0 saturated carbocycles. The van der Waals surface area contributed by atoms with Crippen LogP contribution in [0.3, 0.4) is 0 Å². The molecule has 2 aromatic carbocycles. The molecule has 0 unspecified atom stereocenters. The van der Waals surface area contributed by atoms with Crippen molar-refractivity contribution in [3.05, 3.63) is 89.9 Å². The van der Waals surface area contributed by atoms with Crippen LogP contribution in [0.5, 0.6) is 11.5 Å². The van der Waals surface area contributed by atoms with Crippen LogP contribution in [0.4, 0.5) is 5.69 Å². The summed E-state index contributed by atoms with van der Waals surface area (Å²) in [5, 5.41) is 3.16. The van der Waals surface area contributed by atoms with E-state index in [0.717, 1.165) is 0 Å². The summed E-state index contributed by atoms with van der Waals surface area (Å²) >= 11 is 0. The van der Waals surface area contributed by atoms with Crippen molar-refractivity contribution < 1.29 is 19.1 Å². The summed E-state index contributed by atoms with van der Waals surface area (Å²) < 4.78 is 11.1. The highest BCUT2D eigenvalue weighted by molar-refractivity contribution is 6.36. The third kappa shape index (κ3) is 4.87. The number of aromatic nitrogens is 1. The Labute approximate surface area is 192 Å². The van der Waals surface area contributed by atoms with Gasteiger partial charge in [-0.1, -0.05) is 24.3 Å². The topological polar surface area (TPSA) is 80.8 Å². The minimum absolute atomic E-state index is 0.0865. The second kappa shape index (κ2) is 9.99. The molecule has 4 rings (SSSR count). The number of hydrogen-bond acceptors (Lipinski definition) is 6. The van der Waals surface area contributed by atoms with E-state index in [9.17, 15) is 9.59 Å². The van der Waals surface area contributed by atoms with Gasteiger partial charge in [0, 0.05) is 18.0 Å². The van der Waals surface area contributed by atoms with E-state index in [-0.39, 0.29) is 18.1 Å². The Kier molecular flexibility index (Phi) is 6.69. The summed E-state index contributed by atoms with van der Waals surface area (Å²) in [7, 11) is 0. The maximum atomic E-state index is 13.4. The number of nitrogens with one attached hydrogen (secondary N) is 1. The highest BCUT2D eigenvalue weighted by atomic mass is 16.5. The fourth-order valence-corrected chi connectivity index (χ4v) is 3.62. The summed E-state index contributed by atoms with van der Waals surface area (Å²) in [6.45, 7) is 4.97. The first-order valence-corrected chi connectivity index (χ1v) is 10.8. The molecule has 33 heavy (non-hydrogen) atoms. The molecule has 0 atom stereocenters. The average Bonchev–Trinajstić information content (AvgIpc) is 3.05. The molecule has 0 aliphatic carbocycles. The van der Waals surface area contributed by atoms with Crippen molar-refractivity contribution in [2.75, 3.05) is 18.5 Å². The zero-order valence-corrected chi connectivity index (χ0v) is 18.6. The smallest absolute Gasteiger partial charge is 0.278 e. The standard InChI is InChI=1S/C26H25N3O4/c1-3-32-21-13-11-18(12-14-21)23-24(28-19-9-7-10-22(16-19)33-4-2)26(31)29(25(23)30)17-20-8-5-6-15-27-20/h5-16,28H,3-4,17H2,1-2H3. The number of nitrogens with zero attached hydrogens (tertiary/aromatic N) is 2. The van der Waals surface area contributed by atoms with Gasteiger partial charge in [-0.2, -0.15) is 0 Å². The van der Waals surface area contributed by atoms with E-state index in [4.69, 9.17) is 9.47 Å². The highest BCUT2D eigenvalue weighted by Crippen LogP contribution is 2.32. The summed E-state index contributed by atoms with van der Waals surface area (Å²) in [4.78, 5) is 32.3. The first-order valence-electron chi connectivity index (χ1n) is 10.8. The molecule has 2 amide bonds. The molecule has 1 N–H and O–H groups in total. The number of amides is 2. The SMILES string of the molecule is CCOc1ccc(C2=C(Nc3cccc(OCC)c3)C(=O)N(Cc3ccccn3)C2=O)cc1. The number of pyridine rings is 1. The maximum absolute atomic E-state index is 13.4. The zero-order valence-electron chi connectivity index (χ0n) is 18.6. The number of anilines is 1. The molecule has 2 heterocycles. The number of hydrogen-bond donors (Lipinski definition) is 1. The molecule has 7 nitrogen and oxygen atoms in total. The van der Waals surface area contributed by atoms with Gasteiger partial charge in [0.2, 0.25) is 0 Å². The molecule has 7 heteroatoms. The van der Waals surface area contributed by atoms with E-state index in [1.165, 1.54) is 4.90 Å².